The topological polar surface area (TPSA) is 49.9 Å². The van der Waals surface area contributed by atoms with Crippen molar-refractivity contribution in [3.05, 3.63) is 59.2 Å². The first kappa shape index (κ1) is 20.5. The summed E-state index contributed by atoms with van der Waals surface area (Å²) in [5.41, 5.74) is 3.48. The summed E-state index contributed by atoms with van der Waals surface area (Å²) >= 11 is 0. The Morgan fingerprint density at radius 2 is 1.80 bits per heavy atom. The van der Waals surface area contributed by atoms with Gasteiger partial charge in [-0.2, -0.15) is 0 Å². The van der Waals surface area contributed by atoms with Crippen LogP contribution in [0.1, 0.15) is 50.3 Å². The van der Waals surface area contributed by atoms with E-state index >= 15 is 0 Å². The fraction of sp³-hybridized carbons (Fsp3) is 0.440. The number of nitrogens with zero attached hydrogens (tertiary/aromatic N) is 2. The van der Waals surface area contributed by atoms with E-state index in [1.165, 1.54) is 0 Å². The van der Waals surface area contributed by atoms with Crippen LogP contribution < -0.4 is 9.64 Å². The lowest BCUT2D eigenvalue weighted by molar-refractivity contribution is -0.133. The second-order valence-corrected chi connectivity index (χ2v) is 8.95. The van der Waals surface area contributed by atoms with Gasteiger partial charge in [0.1, 0.15) is 12.4 Å². The lowest BCUT2D eigenvalue weighted by atomic mass is 9.89. The monoisotopic (exact) mass is 406 g/mol. The number of fused-ring (bicyclic) bond motifs is 1. The number of aryl methyl sites for hydroxylation is 1. The number of amides is 2. The molecule has 1 aliphatic carbocycles. The van der Waals surface area contributed by atoms with E-state index in [0.717, 1.165) is 41.0 Å². The van der Waals surface area contributed by atoms with Gasteiger partial charge in [-0.15, -0.1) is 0 Å². The molecule has 1 saturated carbocycles. The molecule has 0 spiro atoms. The van der Waals surface area contributed by atoms with Crippen LogP contribution in [0.25, 0.3) is 0 Å². The molecule has 2 aliphatic rings. The average Bonchev–Trinajstić information content (AvgIpc) is 3.54. The lowest BCUT2D eigenvalue weighted by Gasteiger charge is -2.39. The van der Waals surface area contributed by atoms with Crippen molar-refractivity contribution in [2.24, 2.45) is 5.92 Å². The third-order valence-corrected chi connectivity index (χ3v) is 6.15. The SMILES string of the molecule is CC(=O)N(c1ccc(C)cc1)C(C)(C)c1ccc2c(c1)CN(C(=O)C1CC1)CCO2. The van der Waals surface area contributed by atoms with Gasteiger partial charge in [-0.3, -0.25) is 9.59 Å². The Labute approximate surface area is 178 Å². The first-order chi connectivity index (χ1) is 14.3. The Kier molecular flexibility index (Phi) is 5.31. The van der Waals surface area contributed by atoms with E-state index in [0.29, 0.717) is 19.7 Å². The zero-order valence-corrected chi connectivity index (χ0v) is 18.3. The second kappa shape index (κ2) is 7.78. The van der Waals surface area contributed by atoms with Crippen LogP contribution in [-0.4, -0.2) is 29.9 Å². The number of ether oxygens (including phenoxy) is 1. The summed E-state index contributed by atoms with van der Waals surface area (Å²) in [6.07, 6.45) is 2.00. The Morgan fingerprint density at radius 1 is 1.10 bits per heavy atom. The Bertz CT molecular complexity index is 961. The van der Waals surface area contributed by atoms with Gasteiger partial charge in [0, 0.05) is 30.6 Å². The minimum absolute atomic E-state index is 0.0133. The number of carbonyl (C=O) groups excluding carboxylic acids is 2. The zero-order valence-electron chi connectivity index (χ0n) is 18.3. The summed E-state index contributed by atoms with van der Waals surface area (Å²) in [5, 5.41) is 0. The molecule has 0 aromatic heterocycles. The van der Waals surface area contributed by atoms with E-state index in [1.807, 2.05) is 53.1 Å². The summed E-state index contributed by atoms with van der Waals surface area (Å²) in [6.45, 7) is 9.43. The van der Waals surface area contributed by atoms with Gasteiger partial charge in [0.25, 0.3) is 0 Å². The molecule has 5 nitrogen and oxygen atoms in total. The number of carbonyl (C=O) groups is 2. The molecule has 2 aromatic rings. The fourth-order valence-electron chi connectivity index (χ4n) is 4.27. The third-order valence-electron chi connectivity index (χ3n) is 6.15. The number of benzene rings is 2. The highest BCUT2D eigenvalue weighted by atomic mass is 16.5. The quantitative estimate of drug-likeness (QED) is 0.756. The van der Waals surface area contributed by atoms with Crippen LogP contribution in [-0.2, 0) is 21.7 Å². The highest BCUT2D eigenvalue weighted by molar-refractivity contribution is 5.93. The van der Waals surface area contributed by atoms with Crippen LogP contribution in [0.2, 0.25) is 0 Å². The van der Waals surface area contributed by atoms with Gasteiger partial charge in [0.2, 0.25) is 11.8 Å². The molecular formula is C25H30N2O3. The highest BCUT2D eigenvalue weighted by Gasteiger charge is 2.36. The maximum Gasteiger partial charge on any atom is 0.226 e. The normalized spacial score (nSPS) is 16.3. The standard InChI is InChI=1S/C25H30N2O3/c1-17-5-10-22(11-6-17)27(18(2)28)25(3,4)21-9-12-23-20(15-21)16-26(13-14-30-23)24(29)19-7-8-19/h5-6,9-12,15,19H,7-8,13-14,16H2,1-4H3. The Balaban J connectivity index is 1.67. The molecule has 158 valence electrons. The molecule has 30 heavy (non-hydrogen) atoms. The van der Waals surface area contributed by atoms with Crippen molar-refractivity contribution in [2.75, 3.05) is 18.1 Å². The first-order valence-corrected chi connectivity index (χ1v) is 10.7. The summed E-state index contributed by atoms with van der Waals surface area (Å²) in [5.74, 6) is 1.24. The van der Waals surface area contributed by atoms with Gasteiger partial charge >= 0.3 is 0 Å². The number of hydrogen-bond donors (Lipinski definition) is 0. The Hall–Kier alpha value is -2.82. The highest BCUT2D eigenvalue weighted by Crippen LogP contribution is 2.37. The fourth-order valence-corrected chi connectivity index (χ4v) is 4.27. The summed E-state index contributed by atoms with van der Waals surface area (Å²) in [4.78, 5) is 29.0. The van der Waals surface area contributed by atoms with Gasteiger partial charge in [-0.05, 0) is 63.4 Å². The van der Waals surface area contributed by atoms with Crippen LogP contribution in [0.15, 0.2) is 42.5 Å². The van der Waals surface area contributed by atoms with Crippen molar-refractivity contribution in [3.63, 3.8) is 0 Å². The van der Waals surface area contributed by atoms with Crippen LogP contribution in [0, 0.1) is 12.8 Å². The molecule has 0 saturated heterocycles. The van der Waals surface area contributed by atoms with Crippen molar-refractivity contribution in [1.29, 1.82) is 0 Å². The molecule has 0 unspecified atom stereocenters. The third kappa shape index (κ3) is 3.93. The number of hydrogen-bond acceptors (Lipinski definition) is 3. The first-order valence-electron chi connectivity index (χ1n) is 10.7. The molecule has 5 heteroatoms. The number of anilines is 1. The van der Waals surface area contributed by atoms with Gasteiger partial charge in [-0.1, -0.05) is 23.8 Å². The molecule has 0 bridgehead atoms. The van der Waals surface area contributed by atoms with Gasteiger partial charge in [0.05, 0.1) is 12.1 Å². The minimum Gasteiger partial charge on any atom is -0.491 e. The largest absolute Gasteiger partial charge is 0.491 e. The van der Waals surface area contributed by atoms with Crippen molar-refractivity contribution < 1.29 is 14.3 Å². The summed E-state index contributed by atoms with van der Waals surface area (Å²) < 4.78 is 5.93. The molecule has 1 aliphatic heterocycles. The van der Waals surface area contributed by atoms with Crippen LogP contribution in [0.3, 0.4) is 0 Å². The molecule has 2 aromatic carbocycles. The van der Waals surface area contributed by atoms with E-state index in [2.05, 4.69) is 19.9 Å². The molecule has 4 rings (SSSR count). The van der Waals surface area contributed by atoms with Gasteiger partial charge in [-0.25, -0.2) is 0 Å². The van der Waals surface area contributed by atoms with Crippen LogP contribution >= 0.6 is 0 Å². The van der Waals surface area contributed by atoms with Crippen molar-refractivity contribution in [2.45, 2.75) is 52.6 Å². The van der Waals surface area contributed by atoms with E-state index < -0.39 is 5.54 Å². The van der Waals surface area contributed by atoms with E-state index in [4.69, 9.17) is 4.74 Å². The molecular weight excluding hydrogens is 376 g/mol. The predicted molar refractivity (Wildman–Crippen MR) is 117 cm³/mol. The molecule has 0 radical (unpaired) electrons. The average molecular weight is 407 g/mol. The molecule has 0 atom stereocenters. The van der Waals surface area contributed by atoms with Gasteiger partial charge < -0.3 is 14.5 Å². The van der Waals surface area contributed by atoms with Crippen LogP contribution in [0.5, 0.6) is 5.75 Å². The number of rotatable bonds is 4. The Morgan fingerprint density at radius 3 is 2.43 bits per heavy atom. The lowest BCUT2D eigenvalue weighted by Crippen LogP contribution is -2.45. The minimum atomic E-state index is -0.562. The zero-order chi connectivity index (χ0) is 21.5. The summed E-state index contributed by atoms with van der Waals surface area (Å²) in [7, 11) is 0. The van der Waals surface area contributed by atoms with E-state index in [9.17, 15) is 9.59 Å². The summed E-state index contributed by atoms with van der Waals surface area (Å²) in [6, 6.07) is 14.1. The van der Waals surface area contributed by atoms with Crippen molar-refractivity contribution in [1.82, 2.24) is 4.90 Å². The van der Waals surface area contributed by atoms with E-state index in [-0.39, 0.29) is 17.7 Å². The molecule has 1 heterocycles. The predicted octanol–water partition coefficient (Wildman–Crippen LogP) is 4.41. The molecule has 2 amide bonds. The second-order valence-electron chi connectivity index (χ2n) is 8.95. The van der Waals surface area contributed by atoms with Crippen molar-refractivity contribution >= 4 is 17.5 Å². The molecule has 1 fully saturated rings. The maximum absolute atomic E-state index is 12.7. The van der Waals surface area contributed by atoms with Crippen LogP contribution in [0.4, 0.5) is 5.69 Å². The van der Waals surface area contributed by atoms with Gasteiger partial charge in [0.15, 0.2) is 0 Å². The van der Waals surface area contributed by atoms with E-state index in [1.54, 1.807) is 6.92 Å². The maximum atomic E-state index is 12.7. The van der Waals surface area contributed by atoms with Crippen molar-refractivity contribution in [3.8, 4) is 5.75 Å². The molecule has 0 N–H and O–H groups in total. The smallest absolute Gasteiger partial charge is 0.226 e.